The second-order valence-corrected chi connectivity index (χ2v) is 8.31. The summed E-state index contributed by atoms with van der Waals surface area (Å²) in [4.78, 5) is 8.34. The monoisotopic (exact) mass is 422 g/mol. The van der Waals surface area contributed by atoms with Crippen LogP contribution in [0.4, 0.5) is 4.39 Å². The van der Waals surface area contributed by atoms with Crippen molar-refractivity contribution < 1.29 is 14.2 Å². The molecule has 0 radical (unpaired) electrons. The highest BCUT2D eigenvalue weighted by molar-refractivity contribution is 5.66. The van der Waals surface area contributed by atoms with Crippen molar-refractivity contribution in [2.75, 3.05) is 7.11 Å². The number of hydrogen-bond acceptors (Lipinski definition) is 7. The number of nitrogens with one attached hydrogen (secondary N) is 1. The Kier molecular flexibility index (Phi) is 4.79. The number of piperidine rings is 1. The highest BCUT2D eigenvalue weighted by Crippen LogP contribution is 2.42. The Balaban J connectivity index is 1.38. The maximum atomic E-state index is 15.2. The van der Waals surface area contributed by atoms with E-state index in [0.29, 0.717) is 35.5 Å². The van der Waals surface area contributed by atoms with Crippen LogP contribution in [-0.4, -0.2) is 60.8 Å². The number of imidazole rings is 1. The number of aromatic hydroxyl groups is 1. The van der Waals surface area contributed by atoms with Crippen LogP contribution in [-0.2, 0) is 4.74 Å². The summed E-state index contributed by atoms with van der Waals surface area (Å²) >= 11 is 0. The first-order valence-electron chi connectivity index (χ1n) is 10.1. The number of fused-ring (bicyclic) bond motifs is 2. The van der Waals surface area contributed by atoms with Crippen LogP contribution < -0.4 is 5.32 Å². The van der Waals surface area contributed by atoms with E-state index in [0.717, 1.165) is 5.69 Å². The molecule has 2 saturated heterocycles. The number of methoxy groups -OCH3 is 1. The van der Waals surface area contributed by atoms with E-state index in [1.807, 2.05) is 13.0 Å². The second kappa shape index (κ2) is 7.51. The first-order valence-corrected chi connectivity index (χ1v) is 10.1. The molecule has 3 aromatic rings. The zero-order valence-electron chi connectivity index (χ0n) is 17.2. The van der Waals surface area contributed by atoms with Crippen LogP contribution in [0, 0.1) is 0 Å². The number of halogens is 1. The molecule has 9 heteroatoms. The van der Waals surface area contributed by atoms with Crippen LogP contribution in [0.3, 0.4) is 0 Å². The van der Waals surface area contributed by atoms with Crippen molar-refractivity contribution in [1.29, 1.82) is 0 Å². The molecule has 8 nitrogen and oxygen atoms in total. The Morgan fingerprint density at radius 1 is 1.35 bits per heavy atom. The third kappa shape index (κ3) is 3.49. The van der Waals surface area contributed by atoms with Gasteiger partial charge >= 0.3 is 0 Å². The Hall–Kier alpha value is -3.17. The Labute approximate surface area is 178 Å². The summed E-state index contributed by atoms with van der Waals surface area (Å²) in [7, 11) is 1.67. The fourth-order valence-electron chi connectivity index (χ4n) is 4.59. The number of ether oxygens (including phenoxy) is 1. The van der Waals surface area contributed by atoms with Gasteiger partial charge in [-0.25, -0.2) is 14.4 Å². The Morgan fingerprint density at radius 3 is 2.90 bits per heavy atom. The summed E-state index contributed by atoms with van der Waals surface area (Å²) in [5, 5.41) is 22.1. The van der Waals surface area contributed by atoms with Gasteiger partial charge in [-0.2, -0.15) is 0 Å². The highest BCUT2D eigenvalue weighted by Gasteiger charge is 2.52. The number of nitrogens with zero attached hydrogens (tertiary/aromatic N) is 5. The third-order valence-corrected chi connectivity index (χ3v) is 6.17. The molecule has 0 spiro atoms. The lowest BCUT2D eigenvalue weighted by molar-refractivity contribution is 0.0915. The minimum atomic E-state index is -1.13. The van der Waals surface area contributed by atoms with Crippen LogP contribution in [0.5, 0.6) is 5.75 Å². The van der Waals surface area contributed by atoms with Gasteiger partial charge < -0.3 is 19.7 Å². The number of alkyl halides is 1. The van der Waals surface area contributed by atoms with Gasteiger partial charge in [-0.1, -0.05) is 0 Å². The number of phenolic OH excluding ortho intramolecular Hbond substituents is 1. The van der Waals surface area contributed by atoms with Gasteiger partial charge in [0.05, 0.1) is 35.4 Å². The molecule has 2 N–H and O–H groups in total. The predicted octanol–water partition coefficient (Wildman–Crippen LogP) is 2.69. The summed E-state index contributed by atoms with van der Waals surface area (Å²) in [6, 6.07) is 5.26. The standard InChI is InChI=1S/C22H23FN6O2/c1-22-10-19(31-2)17(26-22)8-13(20(22)23)7-14-11-25-21(28-27-14)16-4-3-15(9-18(16)30)29-6-5-24-12-29/h3-7,9,11-12,17,19-20,26,30H,8,10H2,1-2H3/b13-7+/t17-,19+,20-,22-/m0/s1. The van der Waals surface area contributed by atoms with E-state index in [9.17, 15) is 5.11 Å². The first-order chi connectivity index (χ1) is 15.0. The second-order valence-electron chi connectivity index (χ2n) is 8.31. The van der Waals surface area contributed by atoms with Crippen LogP contribution in [0.15, 0.2) is 48.7 Å². The SMILES string of the molecule is CO[C@@H]1C[C@]2(C)N[C@H]1C/C(=C\c1cnc(-c3ccc(-n4ccnc4)cc3O)nn1)[C@@H]2F. The molecule has 2 bridgehead atoms. The van der Waals surface area contributed by atoms with E-state index in [1.54, 1.807) is 54.8 Å². The van der Waals surface area contributed by atoms with Crippen molar-refractivity contribution >= 4 is 6.08 Å². The Morgan fingerprint density at radius 2 is 2.23 bits per heavy atom. The summed E-state index contributed by atoms with van der Waals surface area (Å²) in [5.74, 6) is 0.335. The van der Waals surface area contributed by atoms with E-state index in [1.165, 1.54) is 0 Å². The molecule has 2 aromatic heterocycles. The maximum absolute atomic E-state index is 15.2. The van der Waals surface area contributed by atoms with Gasteiger partial charge in [-0.3, -0.25) is 0 Å². The average molecular weight is 422 g/mol. The normalized spacial score (nSPS) is 28.9. The fourth-order valence-corrected chi connectivity index (χ4v) is 4.59. The van der Waals surface area contributed by atoms with E-state index in [2.05, 4.69) is 25.5 Å². The van der Waals surface area contributed by atoms with Gasteiger partial charge in [0.1, 0.15) is 17.6 Å². The zero-order valence-corrected chi connectivity index (χ0v) is 17.2. The van der Waals surface area contributed by atoms with E-state index in [-0.39, 0.29) is 17.9 Å². The molecule has 1 aromatic carbocycles. The van der Waals surface area contributed by atoms with Crippen molar-refractivity contribution in [3.8, 4) is 22.8 Å². The smallest absolute Gasteiger partial charge is 0.185 e. The molecule has 31 heavy (non-hydrogen) atoms. The van der Waals surface area contributed by atoms with Crippen LogP contribution in [0.25, 0.3) is 23.2 Å². The zero-order chi connectivity index (χ0) is 21.6. The lowest BCUT2D eigenvalue weighted by Gasteiger charge is -2.36. The average Bonchev–Trinajstić information content (AvgIpc) is 3.40. The van der Waals surface area contributed by atoms with Gasteiger partial charge in [0, 0.05) is 31.6 Å². The van der Waals surface area contributed by atoms with Crippen LogP contribution in [0.1, 0.15) is 25.5 Å². The number of hydrogen-bond donors (Lipinski definition) is 2. The van der Waals surface area contributed by atoms with E-state index >= 15 is 4.39 Å². The minimum Gasteiger partial charge on any atom is -0.507 e. The maximum Gasteiger partial charge on any atom is 0.185 e. The largest absolute Gasteiger partial charge is 0.507 e. The molecule has 0 amide bonds. The van der Waals surface area contributed by atoms with Crippen LogP contribution in [0.2, 0.25) is 0 Å². The van der Waals surface area contributed by atoms with Crippen molar-refractivity contribution in [3.63, 3.8) is 0 Å². The summed E-state index contributed by atoms with van der Waals surface area (Å²) in [5.41, 5.74) is 1.75. The lowest BCUT2D eigenvalue weighted by atomic mass is 9.86. The molecule has 4 heterocycles. The fraction of sp³-hybridized carbons (Fsp3) is 0.364. The molecule has 0 aliphatic carbocycles. The molecular weight excluding hydrogens is 399 g/mol. The van der Waals surface area contributed by atoms with Gasteiger partial charge in [-0.15, -0.1) is 10.2 Å². The predicted molar refractivity (Wildman–Crippen MR) is 112 cm³/mol. The third-order valence-electron chi connectivity index (χ3n) is 6.17. The van der Waals surface area contributed by atoms with Gasteiger partial charge in [-0.05, 0) is 43.5 Å². The van der Waals surface area contributed by atoms with Gasteiger partial charge in [0.25, 0.3) is 0 Å². The first kappa shape index (κ1) is 19.8. The number of benzene rings is 1. The Bertz CT molecular complexity index is 1120. The minimum absolute atomic E-state index is 0.00555. The molecule has 4 atom stereocenters. The van der Waals surface area contributed by atoms with Crippen molar-refractivity contribution in [2.24, 2.45) is 0 Å². The molecule has 2 fully saturated rings. The van der Waals surface area contributed by atoms with Gasteiger partial charge in [0.15, 0.2) is 5.82 Å². The molecular formula is C22H23FN6O2. The molecule has 160 valence electrons. The number of aromatic nitrogens is 5. The quantitative estimate of drug-likeness (QED) is 0.667. The van der Waals surface area contributed by atoms with Crippen molar-refractivity contribution in [1.82, 2.24) is 30.0 Å². The van der Waals surface area contributed by atoms with E-state index in [4.69, 9.17) is 4.74 Å². The molecule has 0 saturated carbocycles. The molecule has 2 aliphatic rings. The molecule has 5 rings (SSSR count). The highest BCUT2D eigenvalue weighted by atomic mass is 19.1. The van der Waals surface area contributed by atoms with Gasteiger partial charge in [0.2, 0.25) is 0 Å². The van der Waals surface area contributed by atoms with E-state index < -0.39 is 11.7 Å². The van der Waals surface area contributed by atoms with Crippen molar-refractivity contribution in [3.05, 3.63) is 54.4 Å². The summed E-state index contributed by atoms with van der Waals surface area (Å²) in [6.07, 6.45) is 8.41. The van der Waals surface area contributed by atoms with Crippen molar-refractivity contribution in [2.45, 2.75) is 43.6 Å². The van der Waals surface area contributed by atoms with Crippen LogP contribution >= 0.6 is 0 Å². The topological polar surface area (TPSA) is 98.0 Å². The summed E-state index contributed by atoms with van der Waals surface area (Å²) < 4.78 is 22.5. The molecule has 2 aliphatic heterocycles. The number of rotatable bonds is 4. The lowest BCUT2D eigenvalue weighted by Crippen LogP contribution is -2.53. The summed E-state index contributed by atoms with van der Waals surface area (Å²) in [6.45, 7) is 1.89. The number of phenols is 1. The molecule has 0 unspecified atom stereocenters.